The van der Waals surface area contributed by atoms with Gasteiger partial charge in [-0.05, 0) is 24.6 Å². The third-order valence-corrected chi connectivity index (χ3v) is 3.93. The minimum absolute atomic E-state index is 0.0144. The van der Waals surface area contributed by atoms with Crippen molar-refractivity contribution in [2.75, 3.05) is 0 Å². The number of aromatic nitrogens is 1. The van der Waals surface area contributed by atoms with Crippen LogP contribution in [0.1, 0.15) is 10.7 Å². The molecule has 0 aliphatic heterocycles. The standard InChI is InChI=1S/C12H10BrNO2S/c1-7-12(8-3-2-4-9(13)5-8)17-10(14-7)6-11(15)16/h2-5H,6H2,1H3,(H,15,16). The van der Waals surface area contributed by atoms with Crippen molar-refractivity contribution in [2.24, 2.45) is 0 Å². The van der Waals surface area contributed by atoms with E-state index >= 15 is 0 Å². The van der Waals surface area contributed by atoms with Gasteiger partial charge in [0.2, 0.25) is 0 Å². The van der Waals surface area contributed by atoms with Gasteiger partial charge >= 0.3 is 5.97 Å². The van der Waals surface area contributed by atoms with Crippen molar-refractivity contribution in [1.82, 2.24) is 4.98 Å². The molecule has 0 saturated heterocycles. The molecule has 1 heterocycles. The van der Waals surface area contributed by atoms with Crippen molar-refractivity contribution >= 4 is 33.2 Å². The van der Waals surface area contributed by atoms with E-state index < -0.39 is 5.97 Å². The highest BCUT2D eigenvalue weighted by atomic mass is 79.9. The van der Waals surface area contributed by atoms with Crippen LogP contribution in [-0.2, 0) is 11.2 Å². The molecule has 88 valence electrons. The fourth-order valence-electron chi connectivity index (χ4n) is 1.55. The molecule has 0 saturated carbocycles. The van der Waals surface area contributed by atoms with Crippen LogP contribution < -0.4 is 0 Å². The monoisotopic (exact) mass is 311 g/mol. The lowest BCUT2D eigenvalue weighted by molar-refractivity contribution is -0.136. The van der Waals surface area contributed by atoms with Gasteiger partial charge in [0.25, 0.3) is 0 Å². The van der Waals surface area contributed by atoms with Crippen LogP contribution in [0.15, 0.2) is 28.7 Å². The molecular formula is C12H10BrNO2S. The number of rotatable bonds is 3. The molecule has 0 fully saturated rings. The van der Waals surface area contributed by atoms with Crippen molar-refractivity contribution in [3.05, 3.63) is 39.4 Å². The second-order valence-corrected chi connectivity index (χ2v) is 5.60. The number of aliphatic carboxylic acids is 1. The van der Waals surface area contributed by atoms with Gasteiger partial charge in [-0.1, -0.05) is 28.1 Å². The van der Waals surface area contributed by atoms with Crippen LogP contribution in [-0.4, -0.2) is 16.1 Å². The molecule has 0 spiro atoms. The van der Waals surface area contributed by atoms with E-state index in [2.05, 4.69) is 20.9 Å². The zero-order valence-electron chi connectivity index (χ0n) is 9.11. The van der Waals surface area contributed by atoms with Gasteiger partial charge in [-0.25, -0.2) is 4.98 Å². The topological polar surface area (TPSA) is 50.2 Å². The molecule has 1 N–H and O–H groups in total. The Labute approximate surface area is 111 Å². The number of carboxylic acids is 1. The number of aryl methyl sites for hydroxylation is 1. The Morgan fingerprint density at radius 3 is 2.94 bits per heavy atom. The molecule has 17 heavy (non-hydrogen) atoms. The van der Waals surface area contributed by atoms with Crippen LogP contribution in [0, 0.1) is 6.92 Å². The molecule has 0 unspecified atom stereocenters. The highest BCUT2D eigenvalue weighted by Crippen LogP contribution is 2.31. The average molecular weight is 312 g/mol. The van der Waals surface area contributed by atoms with E-state index in [1.807, 2.05) is 31.2 Å². The summed E-state index contributed by atoms with van der Waals surface area (Å²) in [5.74, 6) is -0.848. The summed E-state index contributed by atoms with van der Waals surface area (Å²) in [6.45, 7) is 1.90. The van der Waals surface area contributed by atoms with Gasteiger partial charge in [-0.15, -0.1) is 11.3 Å². The van der Waals surface area contributed by atoms with E-state index in [0.717, 1.165) is 20.6 Å². The third kappa shape index (κ3) is 2.92. The first kappa shape index (κ1) is 12.3. The maximum absolute atomic E-state index is 10.6. The van der Waals surface area contributed by atoms with Crippen LogP contribution >= 0.6 is 27.3 Å². The van der Waals surface area contributed by atoms with E-state index in [1.165, 1.54) is 11.3 Å². The Balaban J connectivity index is 2.39. The number of thiazole rings is 1. The van der Waals surface area contributed by atoms with Crippen LogP contribution in [0.3, 0.4) is 0 Å². The lowest BCUT2D eigenvalue weighted by Gasteiger charge is -1.98. The second kappa shape index (κ2) is 4.98. The highest BCUT2D eigenvalue weighted by Gasteiger charge is 2.12. The predicted octanol–water partition coefficient (Wildman–Crippen LogP) is 3.51. The first-order valence-electron chi connectivity index (χ1n) is 5.00. The van der Waals surface area contributed by atoms with Crippen molar-refractivity contribution in [3.63, 3.8) is 0 Å². The van der Waals surface area contributed by atoms with Crippen molar-refractivity contribution in [3.8, 4) is 10.4 Å². The number of halogens is 1. The fourth-order valence-corrected chi connectivity index (χ4v) is 3.01. The normalized spacial score (nSPS) is 10.5. The van der Waals surface area contributed by atoms with Gasteiger partial charge in [-0.3, -0.25) is 4.79 Å². The number of benzene rings is 1. The summed E-state index contributed by atoms with van der Waals surface area (Å²) in [5, 5.41) is 9.38. The fraction of sp³-hybridized carbons (Fsp3) is 0.167. The van der Waals surface area contributed by atoms with Gasteiger partial charge < -0.3 is 5.11 Å². The first-order valence-corrected chi connectivity index (χ1v) is 6.61. The maximum atomic E-state index is 10.6. The molecule has 3 nitrogen and oxygen atoms in total. The van der Waals surface area contributed by atoms with Crippen LogP contribution in [0.5, 0.6) is 0 Å². The zero-order valence-corrected chi connectivity index (χ0v) is 11.5. The van der Waals surface area contributed by atoms with E-state index in [9.17, 15) is 4.79 Å². The maximum Gasteiger partial charge on any atom is 0.310 e. The molecule has 2 rings (SSSR count). The summed E-state index contributed by atoms with van der Waals surface area (Å²) in [7, 11) is 0. The Hall–Kier alpha value is -1.20. The zero-order chi connectivity index (χ0) is 12.4. The Kier molecular flexibility index (Phi) is 3.59. The summed E-state index contributed by atoms with van der Waals surface area (Å²) in [4.78, 5) is 15.9. The van der Waals surface area contributed by atoms with Crippen LogP contribution in [0.4, 0.5) is 0 Å². The summed E-state index contributed by atoms with van der Waals surface area (Å²) in [5.41, 5.74) is 1.94. The number of carboxylic acid groups (broad SMARTS) is 1. The first-order chi connectivity index (χ1) is 8.06. The van der Waals surface area contributed by atoms with E-state index in [4.69, 9.17) is 5.11 Å². The third-order valence-electron chi connectivity index (χ3n) is 2.23. The minimum Gasteiger partial charge on any atom is -0.481 e. The molecule has 0 radical (unpaired) electrons. The SMILES string of the molecule is Cc1nc(CC(=O)O)sc1-c1cccc(Br)c1. The number of hydrogen-bond acceptors (Lipinski definition) is 3. The minimum atomic E-state index is -0.848. The molecular weight excluding hydrogens is 302 g/mol. The highest BCUT2D eigenvalue weighted by molar-refractivity contribution is 9.10. The van der Waals surface area contributed by atoms with Crippen molar-refractivity contribution in [2.45, 2.75) is 13.3 Å². The number of nitrogens with zero attached hydrogens (tertiary/aromatic N) is 1. The lowest BCUT2D eigenvalue weighted by atomic mass is 10.2. The van der Waals surface area contributed by atoms with Crippen molar-refractivity contribution < 1.29 is 9.90 Å². The summed E-state index contributed by atoms with van der Waals surface area (Å²) in [6, 6.07) is 7.91. The molecule has 0 aliphatic rings. The number of carbonyl (C=O) groups is 1. The van der Waals surface area contributed by atoms with Gasteiger partial charge in [0, 0.05) is 4.47 Å². The Morgan fingerprint density at radius 2 is 2.29 bits per heavy atom. The van der Waals surface area contributed by atoms with Crippen LogP contribution in [0.25, 0.3) is 10.4 Å². The average Bonchev–Trinajstić information content (AvgIpc) is 2.58. The number of hydrogen-bond donors (Lipinski definition) is 1. The predicted molar refractivity (Wildman–Crippen MR) is 71.3 cm³/mol. The van der Waals surface area contributed by atoms with Gasteiger partial charge in [0.15, 0.2) is 0 Å². The summed E-state index contributed by atoms with van der Waals surface area (Å²) in [6.07, 6.45) is -0.0144. The molecule has 0 amide bonds. The molecule has 5 heteroatoms. The molecule has 2 aromatic rings. The molecule has 0 aliphatic carbocycles. The molecule has 1 aromatic carbocycles. The second-order valence-electron chi connectivity index (χ2n) is 3.60. The lowest BCUT2D eigenvalue weighted by Crippen LogP contribution is -1.98. The van der Waals surface area contributed by atoms with Crippen molar-refractivity contribution in [1.29, 1.82) is 0 Å². The summed E-state index contributed by atoms with van der Waals surface area (Å²) < 4.78 is 1.00. The van der Waals surface area contributed by atoms with E-state index in [-0.39, 0.29) is 6.42 Å². The van der Waals surface area contributed by atoms with E-state index in [0.29, 0.717) is 5.01 Å². The quantitative estimate of drug-likeness (QED) is 0.943. The largest absolute Gasteiger partial charge is 0.481 e. The van der Waals surface area contributed by atoms with E-state index in [1.54, 1.807) is 0 Å². The molecule has 0 atom stereocenters. The smallest absolute Gasteiger partial charge is 0.310 e. The van der Waals surface area contributed by atoms with Gasteiger partial charge in [-0.2, -0.15) is 0 Å². The Morgan fingerprint density at radius 1 is 1.53 bits per heavy atom. The van der Waals surface area contributed by atoms with Crippen LogP contribution in [0.2, 0.25) is 0 Å². The van der Waals surface area contributed by atoms with Gasteiger partial charge in [0.1, 0.15) is 5.01 Å². The van der Waals surface area contributed by atoms with Gasteiger partial charge in [0.05, 0.1) is 17.0 Å². The summed E-state index contributed by atoms with van der Waals surface area (Å²) >= 11 is 4.86. The molecule has 1 aromatic heterocycles. The molecule has 0 bridgehead atoms. The Bertz CT molecular complexity index is 565.